The molecule has 0 aliphatic heterocycles. The highest BCUT2D eigenvalue weighted by Gasteiger charge is 2.35. The molecule has 2 aromatic carbocycles. The predicted molar refractivity (Wildman–Crippen MR) is 110 cm³/mol. The topological polar surface area (TPSA) is 96.9 Å². The maximum absolute atomic E-state index is 13.5. The summed E-state index contributed by atoms with van der Waals surface area (Å²) in [6.07, 6.45) is -10.9. The zero-order chi connectivity index (χ0) is 27.8. The number of ether oxygens (including phenoxy) is 2. The van der Waals surface area contributed by atoms with Crippen molar-refractivity contribution >= 4 is 11.8 Å². The van der Waals surface area contributed by atoms with Gasteiger partial charge in [0.1, 0.15) is 23.1 Å². The number of hydrogen-bond acceptors (Lipinski definition) is 5. The second-order valence-electron chi connectivity index (χ2n) is 7.45. The maximum Gasteiger partial charge on any atom is 0.419 e. The monoisotopic (exact) mass is 544 g/mol. The summed E-state index contributed by atoms with van der Waals surface area (Å²) in [5.41, 5.74) is -2.97. The van der Waals surface area contributed by atoms with Crippen LogP contribution in [0, 0.1) is 11.6 Å². The van der Waals surface area contributed by atoms with Crippen molar-refractivity contribution in [3.05, 3.63) is 59.2 Å². The van der Waals surface area contributed by atoms with Gasteiger partial charge < -0.3 is 25.2 Å². The number of carbonyl (C=O) groups is 2. The highest BCUT2D eigenvalue weighted by atomic mass is 19.4. The number of aliphatic hydroxyl groups excluding tert-OH is 1. The van der Waals surface area contributed by atoms with Gasteiger partial charge in [-0.15, -0.1) is 0 Å². The number of amides is 2. The van der Waals surface area contributed by atoms with Crippen molar-refractivity contribution in [2.75, 3.05) is 26.3 Å². The number of benzene rings is 2. The molecule has 0 heterocycles. The van der Waals surface area contributed by atoms with E-state index in [9.17, 15) is 49.8 Å². The molecular weight excluding hydrogens is 524 g/mol. The zero-order valence-electron chi connectivity index (χ0n) is 18.7. The number of alkyl halides is 6. The van der Waals surface area contributed by atoms with Gasteiger partial charge in [0.15, 0.2) is 13.2 Å². The SMILES string of the molecule is O=C(COc1ccc(C(F)(F)F)c(F)c1)NCC[C@H](O)CNC(=O)COc1ccc(C(F)(F)F)c(F)c1. The van der Waals surface area contributed by atoms with E-state index >= 15 is 0 Å². The highest BCUT2D eigenvalue weighted by Crippen LogP contribution is 2.33. The van der Waals surface area contributed by atoms with Crippen molar-refractivity contribution in [2.24, 2.45) is 0 Å². The Morgan fingerprint density at radius 3 is 1.62 bits per heavy atom. The fourth-order valence-electron chi connectivity index (χ4n) is 2.74. The van der Waals surface area contributed by atoms with Crippen LogP contribution < -0.4 is 20.1 Å². The van der Waals surface area contributed by atoms with Gasteiger partial charge in [-0.05, 0) is 30.7 Å². The third-order valence-electron chi connectivity index (χ3n) is 4.57. The first-order valence-corrected chi connectivity index (χ1v) is 10.4. The Kier molecular flexibility index (Phi) is 10.1. The molecule has 0 saturated carbocycles. The van der Waals surface area contributed by atoms with Crippen LogP contribution in [0.15, 0.2) is 36.4 Å². The Morgan fingerprint density at radius 1 is 0.784 bits per heavy atom. The van der Waals surface area contributed by atoms with Gasteiger partial charge in [0, 0.05) is 25.2 Å². The fraction of sp³-hybridized carbons (Fsp3) is 0.364. The molecule has 3 N–H and O–H groups in total. The third kappa shape index (κ3) is 9.74. The number of aliphatic hydroxyl groups is 1. The van der Waals surface area contributed by atoms with Crippen molar-refractivity contribution in [3.8, 4) is 11.5 Å². The van der Waals surface area contributed by atoms with E-state index < -0.39 is 66.2 Å². The summed E-state index contributed by atoms with van der Waals surface area (Å²) in [6, 6.07) is 3.59. The van der Waals surface area contributed by atoms with E-state index in [0.29, 0.717) is 24.3 Å². The van der Waals surface area contributed by atoms with Crippen LogP contribution in [0.5, 0.6) is 11.5 Å². The Morgan fingerprint density at radius 2 is 1.22 bits per heavy atom. The lowest BCUT2D eigenvalue weighted by atomic mass is 10.2. The molecule has 0 aliphatic rings. The van der Waals surface area contributed by atoms with Crippen molar-refractivity contribution in [3.63, 3.8) is 0 Å². The van der Waals surface area contributed by atoms with Gasteiger partial charge >= 0.3 is 12.4 Å². The Balaban J connectivity index is 1.64. The van der Waals surface area contributed by atoms with E-state index in [1.165, 1.54) is 0 Å². The molecule has 0 radical (unpaired) electrons. The van der Waals surface area contributed by atoms with Crippen molar-refractivity contribution in [2.45, 2.75) is 24.9 Å². The summed E-state index contributed by atoms with van der Waals surface area (Å²) >= 11 is 0. The molecule has 2 aromatic rings. The molecule has 1 atom stereocenters. The van der Waals surface area contributed by atoms with Crippen LogP contribution in [-0.2, 0) is 21.9 Å². The van der Waals surface area contributed by atoms with E-state index in [1.54, 1.807) is 0 Å². The summed E-state index contributed by atoms with van der Waals surface area (Å²) in [7, 11) is 0. The molecule has 0 saturated heterocycles. The summed E-state index contributed by atoms with van der Waals surface area (Å²) < 4.78 is 112. The average molecular weight is 544 g/mol. The molecule has 2 rings (SSSR count). The lowest BCUT2D eigenvalue weighted by Crippen LogP contribution is -2.37. The maximum atomic E-state index is 13.5. The van der Waals surface area contributed by atoms with Gasteiger partial charge in [-0.2, -0.15) is 26.3 Å². The zero-order valence-corrected chi connectivity index (χ0v) is 18.7. The molecule has 0 bridgehead atoms. The Bertz CT molecular complexity index is 1090. The van der Waals surface area contributed by atoms with Gasteiger partial charge in [0.2, 0.25) is 0 Å². The number of halogens is 8. The molecule has 0 spiro atoms. The molecule has 0 aliphatic carbocycles. The number of nitrogens with one attached hydrogen (secondary N) is 2. The van der Waals surface area contributed by atoms with Crippen LogP contribution in [0.25, 0.3) is 0 Å². The van der Waals surface area contributed by atoms with Gasteiger partial charge in [0.05, 0.1) is 17.2 Å². The number of rotatable bonds is 11. The van der Waals surface area contributed by atoms with Crippen LogP contribution >= 0.6 is 0 Å². The summed E-state index contributed by atoms with van der Waals surface area (Å²) in [4.78, 5) is 23.5. The second kappa shape index (κ2) is 12.6. The molecular formula is C22H20F8N2O5. The minimum Gasteiger partial charge on any atom is -0.484 e. The van der Waals surface area contributed by atoms with E-state index in [2.05, 4.69) is 10.6 Å². The van der Waals surface area contributed by atoms with Crippen molar-refractivity contribution in [1.82, 2.24) is 10.6 Å². The highest BCUT2D eigenvalue weighted by molar-refractivity contribution is 5.78. The standard InChI is InChI=1S/C22H20F8N2O5/c23-17-7-13(1-3-15(17)21(25,26)27)36-10-19(34)31-6-5-12(33)9-32-20(35)11-37-14-2-4-16(18(24)8-14)22(28,29)30/h1-4,7-8,12,33H,5-6,9-11H2,(H,31,34)(H,32,35)/t12-/m0/s1. The molecule has 204 valence electrons. The van der Waals surface area contributed by atoms with Crippen LogP contribution in [0.1, 0.15) is 17.5 Å². The molecule has 0 fully saturated rings. The number of hydrogen-bond donors (Lipinski definition) is 3. The molecule has 0 unspecified atom stereocenters. The molecule has 2 amide bonds. The Hall–Kier alpha value is -3.62. The average Bonchev–Trinajstić information content (AvgIpc) is 2.78. The predicted octanol–water partition coefficient (Wildman–Crippen LogP) is 3.44. The van der Waals surface area contributed by atoms with Crippen molar-refractivity contribution < 1.29 is 59.3 Å². The van der Waals surface area contributed by atoms with E-state index in [-0.39, 0.29) is 31.0 Å². The summed E-state index contributed by atoms with van der Waals surface area (Å²) in [5.74, 6) is -5.23. The first kappa shape index (κ1) is 29.6. The van der Waals surface area contributed by atoms with Crippen LogP contribution in [0.2, 0.25) is 0 Å². The summed E-state index contributed by atoms with van der Waals surface area (Å²) in [6.45, 7) is -1.67. The minimum atomic E-state index is -4.88. The van der Waals surface area contributed by atoms with E-state index in [4.69, 9.17) is 9.47 Å². The second-order valence-corrected chi connectivity index (χ2v) is 7.45. The third-order valence-corrected chi connectivity index (χ3v) is 4.57. The Labute approximate surface area is 204 Å². The molecule has 7 nitrogen and oxygen atoms in total. The van der Waals surface area contributed by atoms with Crippen molar-refractivity contribution in [1.29, 1.82) is 0 Å². The van der Waals surface area contributed by atoms with Gasteiger partial charge in [-0.3, -0.25) is 9.59 Å². The van der Waals surface area contributed by atoms with Gasteiger partial charge in [0.25, 0.3) is 11.8 Å². The molecule has 0 aromatic heterocycles. The quantitative estimate of drug-likeness (QED) is 0.377. The lowest BCUT2D eigenvalue weighted by Gasteiger charge is -2.14. The lowest BCUT2D eigenvalue weighted by molar-refractivity contribution is -0.140. The largest absolute Gasteiger partial charge is 0.484 e. The van der Waals surface area contributed by atoms with Crippen LogP contribution in [0.4, 0.5) is 35.1 Å². The van der Waals surface area contributed by atoms with Gasteiger partial charge in [-0.25, -0.2) is 8.78 Å². The van der Waals surface area contributed by atoms with E-state index in [0.717, 1.165) is 12.1 Å². The summed E-state index contributed by atoms with van der Waals surface area (Å²) in [5, 5.41) is 14.4. The normalized spacial score (nSPS) is 12.6. The van der Waals surface area contributed by atoms with Crippen LogP contribution in [-0.4, -0.2) is 49.3 Å². The molecule has 15 heteroatoms. The minimum absolute atomic E-state index is 0.0358. The first-order chi connectivity index (χ1) is 17.2. The fourth-order valence-corrected chi connectivity index (χ4v) is 2.74. The number of carbonyl (C=O) groups excluding carboxylic acids is 2. The first-order valence-electron chi connectivity index (χ1n) is 10.4. The van der Waals surface area contributed by atoms with Crippen LogP contribution in [0.3, 0.4) is 0 Å². The van der Waals surface area contributed by atoms with E-state index in [1.807, 2.05) is 0 Å². The smallest absolute Gasteiger partial charge is 0.419 e. The van der Waals surface area contributed by atoms with Gasteiger partial charge in [-0.1, -0.05) is 0 Å². The molecule has 37 heavy (non-hydrogen) atoms.